The number of hydrogen-bond donors (Lipinski definition) is 0. The number of benzene rings is 2. The van der Waals surface area contributed by atoms with Gasteiger partial charge in [0.25, 0.3) is 0 Å². The first-order valence-electron chi connectivity index (χ1n) is 8.56. The Morgan fingerprint density at radius 3 is 2.55 bits per heavy atom. The molecule has 0 amide bonds. The molecule has 1 aromatic heterocycles. The van der Waals surface area contributed by atoms with Gasteiger partial charge in [0.05, 0.1) is 26.5 Å². The minimum absolute atomic E-state index is 0.0524. The molecule has 3 aromatic rings. The summed E-state index contributed by atoms with van der Waals surface area (Å²) in [5.41, 5.74) is 1.25. The van der Waals surface area contributed by atoms with Crippen LogP contribution in [-0.4, -0.2) is 44.1 Å². The molecule has 1 heterocycles. The lowest BCUT2D eigenvalue weighted by atomic mass is 10.2. The zero-order chi connectivity index (χ0) is 21.0. The van der Waals surface area contributed by atoms with E-state index in [4.69, 9.17) is 25.6 Å². The summed E-state index contributed by atoms with van der Waals surface area (Å²) in [4.78, 5) is 4.28. The minimum Gasteiger partial charge on any atom is -0.493 e. The number of sulfonamides is 1. The van der Waals surface area contributed by atoms with Crippen LogP contribution >= 0.6 is 11.6 Å². The van der Waals surface area contributed by atoms with E-state index >= 15 is 0 Å². The fourth-order valence-corrected chi connectivity index (χ4v) is 3.99. The summed E-state index contributed by atoms with van der Waals surface area (Å²) in [5, 5.41) is 4.41. The Balaban J connectivity index is 1.74. The van der Waals surface area contributed by atoms with Gasteiger partial charge in [-0.25, -0.2) is 8.42 Å². The Hall–Kier alpha value is -2.62. The van der Waals surface area contributed by atoms with Crippen molar-refractivity contribution in [1.82, 2.24) is 14.4 Å². The van der Waals surface area contributed by atoms with E-state index in [1.54, 1.807) is 49.6 Å². The largest absolute Gasteiger partial charge is 0.493 e. The number of nitrogens with zero attached hydrogens (tertiary/aromatic N) is 3. The smallest absolute Gasteiger partial charge is 0.242 e. The molecule has 0 N–H and O–H groups in total. The summed E-state index contributed by atoms with van der Waals surface area (Å²) in [7, 11) is 0.942. The third-order valence-electron chi connectivity index (χ3n) is 4.18. The highest BCUT2D eigenvalue weighted by molar-refractivity contribution is 7.88. The molecular weight excluding hydrogens is 418 g/mol. The van der Waals surface area contributed by atoms with Crippen molar-refractivity contribution < 1.29 is 22.4 Å². The maximum absolute atomic E-state index is 12.6. The summed E-state index contributed by atoms with van der Waals surface area (Å²) in [6.07, 6.45) is 0. The molecule has 0 saturated heterocycles. The molecule has 0 atom stereocenters. The maximum Gasteiger partial charge on any atom is 0.242 e. The van der Waals surface area contributed by atoms with E-state index in [0.29, 0.717) is 33.5 Å². The highest BCUT2D eigenvalue weighted by Gasteiger charge is 2.22. The molecule has 0 aliphatic carbocycles. The van der Waals surface area contributed by atoms with Crippen molar-refractivity contribution in [1.29, 1.82) is 0 Å². The normalized spacial score (nSPS) is 11.6. The Labute approximate surface area is 174 Å². The van der Waals surface area contributed by atoms with Gasteiger partial charge in [-0.2, -0.15) is 9.29 Å². The first kappa shape index (κ1) is 21.1. The lowest BCUT2D eigenvalue weighted by Crippen LogP contribution is -2.27. The van der Waals surface area contributed by atoms with Gasteiger partial charge in [-0.3, -0.25) is 0 Å². The van der Waals surface area contributed by atoms with Gasteiger partial charge in [0.2, 0.25) is 21.7 Å². The molecule has 10 heteroatoms. The molecule has 0 spiro atoms. The zero-order valence-electron chi connectivity index (χ0n) is 16.1. The second-order valence-corrected chi connectivity index (χ2v) is 8.74. The van der Waals surface area contributed by atoms with Crippen LogP contribution in [0.3, 0.4) is 0 Å². The first-order valence-corrected chi connectivity index (χ1v) is 10.5. The topological polar surface area (TPSA) is 94.8 Å². The van der Waals surface area contributed by atoms with Crippen LogP contribution in [-0.2, 0) is 22.3 Å². The van der Waals surface area contributed by atoms with E-state index in [9.17, 15) is 8.42 Å². The molecule has 2 aromatic carbocycles. The predicted molar refractivity (Wildman–Crippen MR) is 108 cm³/mol. The Kier molecular flexibility index (Phi) is 6.41. The standard InChI is InChI=1S/C19H20ClN3O5S/c1-23(29(24,25)12-13-5-4-6-15(20)9-13)11-18-21-19(22-28-18)14-7-8-16(26-2)17(10-14)27-3/h4-10H,11-12H2,1-3H3. The molecule has 29 heavy (non-hydrogen) atoms. The number of aromatic nitrogens is 2. The average Bonchev–Trinajstić information content (AvgIpc) is 3.15. The average molecular weight is 438 g/mol. The highest BCUT2D eigenvalue weighted by Crippen LogP contribution is 2.31. The maximum atomic E-state index is 12.6. The van der Waals surface area contributed by atoms with Crippen molar-refractivity contribution in [3.8, 4) is 22.9 Å². The molecule has 0 saturated carbocycles. The quantitative estimate of drug-likeness (QED) is 0.533. The van der Waals surface area contributed by atoms with E-state index in [1.165, 1.54) is 18.5 Å². The molecule has 0 aliphatic heterocycles. The minimum atomic E-state index is -3.59. The Morgan fingerprint density at radius 2 is 1.86 bits per heavy atom. The van der Waals surface area contributed by atoms with Gasteiger partial charge >= 0.3 is 0 Å². The van der Waals surface area contributed by atoms with Gasteiger partial charge in [-0.15, -0.1) is 0 Å². The molecule has 0 fully saturated rings. The van der Waals surface area contributed by atoms with E-state index in [0.717, 1.165) is 0 Å². The highest BCUT2D eigenvalue weighted by atomic mass is 35.5. The van der Waals surface area contributed by atoms with Crippen LogP contribution in [0.2, 0.25) is 5.02 Å². The first-order chi connectivity index (χ1) is 13.8. The molecule has 0 bridgehead atoms. The molecule has 3 rings (SSSR count). The fraction of sp³-hybridized carbons (Fsp3) is 0.263. The van der Waals surface area contributed by atoms with Crippen molar-refractivity contribution >= 4 is 21.6 Å². The van der Waals surface area contributed by atoms with Crippen molar-refractivity contribution in [2.75, 3.05) is 21.3 Å². The summed E-state index contributed by atoms with van der Waals surface area (Å²) < 4.78 is 42.1. The molecule has 0 radical (unpaired) electrons. The van der Waals surface area contributed by atoms with Gasteiger partial charge in [0, 0.05) is 17.6 Å². The summed E-state index contributed by atoms with van der Waals surface area (Å²) >= 11 is 5.93. The monoisotopic (exact) mass is 437 g/mol. The van der Waals surface area contributed by atoms with Crippen LogP contribution < -0.4 is 9.47 Å². The number of hydrogen-bond acceptors (Lipinski definition) is 7. The van der Waals surface area contributed by atoms with Crippen LogP contribution in [0.5, 0.6) is 11.5 Å². The second kappa shape index (κ2) is 8.81. The number of methoxy groups -OCH3 is 2. The van der Waals surface area contributed by atoms with Gasteiger partial charge in [0.1, 0.15) is 0 Å². The van der Waals surface area contributed by atoms with Gasteiger partial charge in [-0.1, -0.05) is 28.9 Å². The van der Waals surface area contributed by atoms with Gasteiger partial charge in [0.15, 0.2) is 11.5 Å². The third-order valence-corrected chi connectivity index (χ3v) is 6.19. The molecule has 0 aliphatic rings. The van der Waals surface area contributed by atoms with Crippen LogP contribution in [0.25, 0.3) is 11.4 Å². The molecular formula is C19H20ClN3O5S. The molecule has 0 unspecified atom stereocenters. The van der Waals surface area contributed by atoms with Crippen LogP contribution in [0, 0.1) is 0 Å². The second-order valence-electron chi connectivity index (χ2n) is 6.22. The van der Waals surface area contributed by atoms with E-state index in [1.807, 2.05) is 0 Å². The summed E-state index contributed by atoms with van der Waals surface area (Å²) in [5.74, 6) is 1.42. The summed E-state index contributed by atoms with van der Waals surface area (Å²) in [6.45, 7) is -0.0524. The van der Waals surface area contributed by atoms with Crippen molar-refractivity contribution in [3.63, 3.8) is 0 Å². The Morgan fingerprint density at radius 1 is 1.10 bits per heavy atom. The predicted octanol–water partition coefficient (Wildman–Crippen LogP) is 3.37. The van der Waals surface area contributed by atoms with Crippen LogP contribution in [0.1, 0.15) is 11.5 Å². The van der Waals surface area contributed by atoms with Gasteiger partial charge in [-0.05, 0) is 35.9 Å². The lowest BCUT2D eigenvalue weighted by molar-refractivity contribution is 0.336. The zero-order valence-corrected chi connectivity index (χ0v) is 17.7. The number of halogens is 1. The molecule has 154 valence electrons. The van der Waals surface area contributed by atoms with Crippen molar-refractivity contribution in [2.45, 2.75) is 12.3 Å². The van der Waals surface area contributed by atoms with E-state index in [2.05, 4.69) is 10.1 Å². The van der Waals surface area contributed by atoms with Crippen LogP contribution in [0.15, 0.2) is 47.0 Å². The fourth-order valence-electron chi connectivity index (χ4n) is 2.65. The van der Waals surface area contributed by atoms with Crippen molar-refractivity contribution in [3.05, 3.63) is 58.9 Å². The lowest BCUT2D eigenvalue weighted by Gasteiger charge is -2.15. The number of ether oxygens (including phenoxy) is 2. The van der Waals surface area contributed by atoms with Crippen molar-refractivity contribution in [2.24, 2.45) is 0 Å². The van der Waals surface area contributed by atoms with E-state index < -0.39 is 10.0 Å². The summed E-state index contributed by atoms with van der Waals surface area (Å²) in [6, 6.07) is 11.9. The Bertz CT molecular complexity index is 1100. The van der Waals surface area contributed by atoms with E-state index in [-0.39, 0.29) is 18.2 Å². The number of rotatable bonds is 8. The SMILES string of the molecule is COc1ccc(-c2noc(CN(C)S(=O)(=O)Cc3cccc(Cl)c3)n2)cc1OC. The third kappa shape index (κ3) is 5.06. The van der Waals surface area contributed by atoms with Gasteiger partial charge < -0.3 is 14.0 Å². The molecule has 8 nitrogen and oxygen atoms in total. The van der Waals surface area contributed by atoms with Crippen LogP contribution in [0.4, 0.5) is 0 Å².